The molecule has 1 saturated heterocycles. The number of methoxy groups -OCH3 is 1. The fourth-order valence-electron chi connectivity index (χ4n) is 4.24. The van der Waals surface area contributed by atoms with Gasteiger partial charge in [0.05, 0.1) is 24.2 Å². The molecule has 3 N–H and O–H groups in total. The monoisotopic (exact) mass is 394 g/mol. The van der Waals surface area contributed by atoms with E-state index in [4.69, 9.17) is 15.5 Å². The maximum Gasteiger partial charge on any atom is 0.267 e. The van der Waals surface area contributed by atoms with E-state index in [1.165, 1.54) is 22.7 Å². The van der Waals surface area contributed by atoms with E-state index in [2.05, 4.69) is 16.3 Å². The molecule has 7 heteroatoms. The fraction of sp³-hybridized carbons (Fsp3) is 0.333. The Balaban J connectivity index is 1.51. The van der Waals surface area contributed by atoms with E-state index in [0.717, 1.165) is 53.1 Å². The van der Waals surface area contributed by atoms with Crippen molar-refractivity contribution in [2.75, 3.05) is 36.1 Å². The molecule has 3 aromatic rings. The molecule has 28 heavy (non-hydrogen) atoms. The molecule has 0 unspecified atom stereocenters. The molecule has 0 saturated carbocycles. The second-order valence-corrected chi connectivity index (χ2v) is 8.49. The Morgan fingerprint density at radius 1 is 1.32 bits per heavy atom. The van der Waals surface area contributed by atoms with Gasteiger partial charge in [0.15, 0.2) is 0 Å². The van der Waals surface area contributed by atoms with Crippen LogP contribution in [0.4, 0.5) is 17.1 Å². The van der Waals surface area contributed by atoms with Crippen molar-refractivity contribution in [1.29, 1.82) is 0 Å². The minimum absolute atomic E-state index is 0.199. The summed E-state index contributed by atoms with van der Waals surface area (Å²) in [5.74, 6) is 1.10. The largest absolute Gasteiger partial charge is 0.497 e. The lowest BCUT2D eigenvalue weighted by Crippen LogP contribution is -2.39. The van der Waals surface area contributed by atoms with Gasteiger partial charge in [0.1, 0.15) is 15.5 Å². The number of aryl methyl sites for hydroxylation is 1. The summed E-state index contributed by atoms with van der Waals surface area (Å²) in [7, 11) is 1.63. The van der Waals surface area contributed by atoms with Crippen molar-refractivity contribution in [3.05, 3.63) is 40.4 Å². The summed E-state index contributed by atoms with van der Waals surface area (Å²) in [4.78, 5) is 21.6. The highest BCUT2D eigenvalue weighted by atomic mass is 32.1. The zero-order valence-corrected chi connectivity index (χ0v) is 16.7. The van der Waals surface area contributed by atoms with Crippen LogP contribution in [-0.2, 0) is 0 Å². The summed E-state index contributed by atoms with van der Waals surface area (Å²) in [6.45, 7) is 4.10. The molecular formula is C21H22N4O2S. The summed E-state index contributed by atoms with van der Waals surface area (Å²) in [5.41, 5.74) is 10.9. The lowest BCUT2D eigenvalue weighted by atomic mass is 9.86. The van der Waals surface area contributed by atoms with Crippen LogP contribution in [0.2, 0.25) is 0 Å². The summed E-state index contributed by atoms with van der Waals surface area (Å²) in [6, 6.07) is 7.70. The second-order valence-electron chi connectivity index (χ2n) is 7.49. The van der Waals surface area contributed by atoms with Crippen LogP contribution in [0.3, 0.4) is 0 Å². The smallest absolute Gasteiger partial charge is 0.267 e. The van der Waals surface area contributed by atoms with Crippen molar-refractivity contribution in [2.45, 2.75) is 25.7 Å². The number of thiophene rings is 1. The lowest BCUT2D eigenvalue weighted by Gasteiger charge is -2.41. The SMILES string of the molecule is COc1ccc(NC(=O)c2sc3nc4c(cc3c2N)N2CCC4CC2)c(C)c1. The highest BCUT2D eigenvalue weighted by molar-refractivity contribution is 7.21. The summed E-state index contributed by atoms with van der Waals surface area (Å²) in [5, 5.41) is 3.86. The van der Waals surface area contributed by atoms with Gasteiger partial charge < -0.3 is 20.7 Å². The molecule has 5 heterocycles. The molecule has 0 aliphatic carbocycles. The van der Waals surface area contributed by atoms with Gasteiger partial charge >= 0.3 is 0 Å². The number of aromatic nitrogens is 1. The van der Waals surface area contributed by atoms with E-state index in [1.54, 1.807) is 7.11 Å². The number of benzene rings is 1. The molecule has 0 spiro atoms. The minimum atomic E-state index is -0.199. The van der Waals surface area contributed by atoms with E-state index in [-0.39, 0.29) is 5.91 Å². The number of ether oxygens (including phenoxy) is 1. The highest BCUT2D eigenvalue weighted by Gasteiger charge is 2.33. The fourth-order valence-corrected chi connectivity index (χ4v) is 5.22. The number of nitrogen functional groups attached to an aromatic ring is 1. The minimum Gasteiger partial charge on any atom is -0.497 e. The van der Waals surface area contributed by atoms with Crippen molar-refractivity contribution in [1.82, 2.24) is 4.98 Å². The number of carbonyl (C=O) groups excluding carboxylic acids is 1. The molecule has 144 valence electrons. The first-order chi connectivity index (χ1) is 13.5. The van der Waals surface area contributed by atoms with Crippen molar-refractivity contribution in [3.8, 4) is 5.75 Å². The number of nitrogens with one attached hydrogen (secondary N) is 1. The third-order valence-corrected chi connectivity index (χ3v) is 6.95. The molecule has 1 amide bonds. The van der Waals surface area contributed by atoms with Crippen molar-refractivity contribution in [3.63, 3.8) is 0 Å². The predicted octanol–water partition coefficient (Wildman–Crippen LogP) is 4.15. The summed E-state index contributed by atoms with van der Waals surface area (Å²) in [6.07, 6.45) is 2.33. The highest BCUT2D eigenvalue weighted by Crippen LogP contribution is 2.45. The number of carbonyl (C=O) groups is 1. The summed E-state index contributed by atoms with van der Waals surface area (Å²) >= 11 is 1.37. The van der Waals surface area contributed by atoms with Crippen molar-refractivity contribution in [2.24, 2.45) is 0 Å². The molecule has 1 aromatic carbocycles. The first-order valence-corrected chi connectivity index (χ1v) is 10.3. The molecule has 2 bridgehead atoms. The van der Waals surface area contributed by atoms with Crippen LogP contribution in [-0.4, -0.2) is 31.1 Å². The zero-order chi connectivity index (χ0) is 19.4. The van der Waals surface area contributed by atoms with E-state index >= 15 is 0 Å². The number of nitrogens with zero attached hydrogens (tertiary/aromatic N) is 2. The van der Waals surface area contributed by atoms with Crippen LogP contribution in [0, 0.1) is 6.92 Å². The van der Waals surface area contributed by atoms with E-state index in [9.17, 15) is 4.79 Å². The van der Waals surface area contributed by atoms with Crippen molar-refractivity contribution < 1.29 is 9.53 Å². The maximum atomic E-state index is 12.9. The molecule has 1 fully saturated rings. The van der Waals surface area contributed by atoms with Crippen LogP contribution in [0.15, 0.2) is 24.3 Å². The zero-order valence-electron chi connectivity index (χ0n) is 15.9. The molecule has 0 atom stereocenters. The average Bonchev–Trinajstić information content (AvgIpc) is 3.05. The van der Waals surface area contributed by atoms with Gasteiger partial charge in [0.2, 0.25) is 0 Å². The van der Waals surface area contributed by atoms with Gasteiger partial charge in [-0.05, 0) is 49.6 Å². The van der Waals surface area contributed by atoms with Gasteiger partial charge in [0.25, 0.3) is 5.91 Å². The standard InChI is InChI=1S/C21H22N4O2S/c1-11-9-13(27-2)3-4-15(11)23-20(26)19-17(22)14-10-16-18(24-21(14)28-19)12-5-7-25(16)8-6-12/h3-4,9-10,12H,5-8,22H2,1-2H3,(H,23,26). The Hall–Kier alpha value is -2.80. The quantitative estimate of drug-likeness (QED) is 0.698. The number of hydrogen-bond donors (Lipinski definition) is 2. The first kappa shape index (κ1) is 17.3. The topological polar surface area (TPSA) is 80.5 Å². The number of nitrogens with two attached hydrogens (primary N) is 1. The number of fused-ring (bicyclic) bond motifs is 3. The van der Waals surface area contributed by atoms with Gasteiger partial charge in [0, 0.05) is 30.1 Å². The normalized spacial score (nSPS) is 15.7. The Bertz CT molecular complexity index is 1100. The number of hydrogen-bond acceptors (Lipinski definition) is 6. The Morgan fingerprint density at radius 3 is 2.82 bits per heavy atom. The molecule has 6 nitrogen and oxygen atoms in total. The third-order valence-electron chi connectivity index (χ3n) is 5.84. The molecule has 2 aromatic heterocycles. The Labute approximate surface area is 167 Å². The Kier molecular flexibility index (Phi) is 3.94. The molecule has 6 rings (SSSR count). The van der Waals surface area contributed by atoms with Crippen LogP contribution >= 0.6 is 11.3 Å². The summed E-state index contributed by atoms with van der Waals surface area (Å²) < 4.78 is 5.23. The van der Waals surface area contributed by atoms with E-state index < -0.39 is 0 Å². The van der Waals surface area contributed by atoms with Crippen LogP contribution in [0.1, 0.15) is 39.7 Å². The first-order valence-electron chi connectivity index (χ1n) is 9.49. The number of amides is 1. The van der Waals surface area contributed by atoms with E-state index in [0.29, 0.717) is 16.5 Å². The average molecular weight is 395 g/mol. The molecule has 0 radical (unpaired) electrons. The molecule has 3 aliphatic heterocycles. The van der Waals surface area contributed by atoms with Gasteiger partial charge in [-0.25, -0.2) is 4.98 Å². The van der Waals surface area contributed by atoms with Gasteiger partial charge in [-0.2, -0.15) is 0 Å². The van der Waals surface area contributed by atoms with E-state index in [1.807, 2.05) is 25.1 Å². The number of rotatable bonds is 3. The van der Waals surface area contributed by atoms with Gasteiger partial charge in [-0.3, -0.25) is 4.79 Å². The third kappa shape index (κ3) is 2.61. The second kappa shape index (κ2) is 6.38. The molecular weight excluding hydrogens is 372 g/mol. The van der Waals surface area contributed by atoms with Gasteiger partial charge in [-0.15, -0.1) is 11.3 Å². The number of anilines is 3. The van der Waals surface area contributed by atoms with Crippen LogP contribution in [0.5, 0.6) is 5.75 Å². The van der Waals surface area contributed by atoms with Crippen LogP contribution in [0.25, 0.3) is 10.2 Å². The molecule has 3 aliphatic rings. The van der Waals surface area contributed by atoms with Crippen molar-refractivity contribution >= 4 is 44.5 Å². The lowest BCUT2D eigenvalue weighted by molar-refractivity contribution is 0.103. The predicted molar refractivity (Wildman–Crippen MR) is 114 cm³/mol. The number of pyridine rings is 1. The Morgan fingerprint density at radius 2 is 2.11 bits per heavy atom. The van der Waals surface area contributed by atoms with Gasteiger partial charge in [-0.1, -0.05) is 0 Å². The number of piperidine rings is 1. The maximum absolute atomic E-state index is 12.9. The van der Waals surface area contributed by atoms with Crippen LogP contribution < -0.4 is 20.7 Å².